The maximum absolute atomic E-state index is 11.2. The second-order valence-electron chi connectivity index (χ2n) is 4.99. The maximum Gasteiger partial charge on any atom is 0.339 e. The maximum atomic E-state index is 11.2. The molecule has 0 bridgehead atoms. The van der Waals surface area contributed by atoms with Crippen LogP contribution in [-0.2, 0) is 11.3 Å². The van der Waals surface area contributed by atoms with E-state index in [1.807, 2.05) is 6.07 Å². The predicted molar refractivity (Wildman–Crippen MR) is 69.2 cm³/mol. The Balaban J connectivity index is 1.80. The van der Waals surface area contributed by atoms with E-state index in [-0.39, 0.29) is 5.97 Å². The lowest BCUT2D eigenvalue weighted by atomic mass is 10.1. The summed E-state index contributed by atoms with van der Waals surface area (Å²) in [5, 5.41) is 3.45. The van der Waals surface area contributed by atoms with Crippen molar-refractivity contribution >= 4 is 5.97 Å². The molecule has 1 aromatic heterocycles. The summed E-state index contributed by atoms with van der Waals surface area (Å²) in [6.07, 6.45) is 5.59. The zero-order valence-corrected chi connectivity index (χ0v) is 11.0. The van der Waals surface area contributed by atoms with Crippen molar-refractivity contribution in [2.24, 2.45) is 5.92 Å². The highest BCUT2D eigenvalue weighted by atomic mass is 16.5. The summed E-state index contributed by atoms with van der Waals surface area (Å²) >= 11 is 0. The third kappa shape index (κ3) is 3.81. The van der Waals surface area contributed by atoms with E-state index in [0.29, 0.717) is 11.6 Å². The van der Waals surface area contributed by atoms with Gasteiger partial charge in [0.25, 0.3) is 0 Å². The molecule has 0 aromatic carbocycles. The average molecular weight is 248 g/mol. The van der Waals surface area contributed by atoms with Crippen LogP contribution in [-0.4, -0.2) is 24.1 Å². The number of ether oxygens (including phenoxy) is 1. The largest absolute Gasteiger partial charge is 0.465 e. The van der Waals surface area contributed by atoms with Crippen molar-refractivity contribution in [1.82, 2.24) is 10.3 Å². The van der Waals surface area contributed by atoms with Crippen LogP contribution in [0.15, 0.2) is 18.3 Å². The summed E-state index contributed by atoms with van der Waals surface area (Å²) in [5.74, 6) is 0.589. The molecule has 98 valence electrons. The number of methoxy groups -OCH3 is 1. The van der Waals surface area contributed by atoms with Gasteiger partial charge in [-0.15, -0.1) is 0 Å². The van der Waals surface area contributed by atoms with Gasteiger partial charge in [-0.3, -0.25) is 4.98 Å². The first kappa shape index (κ1) is 13.0. The van der Waals surface area contributed by atoms with Gasteiger partial charge >= 0.3 is 5.97 Å². The SMILES string of the molecule is COC(=O)c1ccc(CNC(C)CC2CC2)nc1. The second kappa shape index (κ2) is 5.96. The zero-order valence-electron chi connectivity index (χ0n) is 11.0. The molecule has 0 radical (unpaired) electrons. The first-order valence-electron chi connectivity index (χ1n) is 6.45. The summed E-state index contributed by atoms with van der Waals surface area (Å²) in [7, 11) is 1.37. The van der Waals surface area contributed by atoms with Gasteiger partial charge in [0, 0.05) is 18.8 Å². The summed E-state index contributed by atoms with van der Waals surface area (Å²) in [6, 6.07) is 4.14. The smallest absolute Gasteiger partial charge is 0.339 e. The molecule has 0 saturated heterocycles. The van der Waals surface area contributed by atoms with Crippen LogP contribution >= 0.6 is 0 Å². The average Bonchev–Trinajstić information content (AvgIpc) is 3.20. The van der Waals surface area contributed by atoms with E-state index in [4.69, 9.17) is 0 Å². The molecule has 1 unspecified atom stereocenters. The molecule has 1 saturated carbocycles. The molecule has 1 heterocycles. The first-order valence-corrected chi connectivity index (χ1v) is 6.45. The summed E-state index contributed by atoms with van der Waals surface area (Å²) in [4.78, 5) is 15.5. The molecule has 0 spiro atoms. The van der Waals surface area contributed by atoms with Crippen LogP contribution in [0.5, 0.6) is 0 Å². The predicted octanol–water partition coefficient (Wildman–Crippen LogP) is 2.15. The monoisotopic (exact) mass is 248 g/mol. The number of hydrogen-bond donors (Lipinski definition) is 1. The van der Waals surface area contributed by atoms with Crippen LogP contribution in [0, 0.1) is 5.92 Å². The Labute approximate surface area is 108 Å². The number of carbonyl (C=O) groups is 1. The van der Waals surface area contributed by atoms with Crippen molar-refractivity contribution in [3.05, 3.63) is 29.6 Å². The van der Waals surface area contributed by atoms with E-state index in [1.165, 1.54) is 26.4 Å². The van der Waals surface area contributed by atoms with E-state index in [0.717, 1.165) is 18.2 Å². The van der Waals surface area contributed by atoms with E-state index in [2.05, 4.69) is 22.0 Å². The molecule has 4 nitrogen and oxygen atoms in total. The Morgan fingerprint density at radius 3 is 2.89 bits per heavy atom. The van der Waals surface area contributed by atoms with Gasteiger partial charge in [-0.2, -0.15) is 0 Å². The molecule has 1 fully saturated rings. The molecular formula is C14H20N2O2. The highest BCUT2D eigenvalue weighted by Gasteiger charge is 2.23. The van der Waals surface area contributed by atoms with Gasteiger partial charge in [0.2, 0.25) is 0 Å². The summed E-state index contributed by atoms with van der Waals surface area (Å²) < 4.78 is 4.63. The van der Waals surface area contributed by atoms with Crippen molar-refractivity contribution in [3.8, 4) is 0 Å². The van der Waals surface area contributed by atoms with Crippen molar-refractivity contribution in [2.45, 2.75) is 38.8 Å². The number of nitrogens with zero attached hydrogens (tertiary/aromatic N) is 1. The van der Waals surface area contributed by atoms with E-state index < -0.39 is 0 Å². The Hall–Kier alpha value is -1.42. The molecule has 1 aliphatic carbocycles. The fourth-order valence-electron chi connectivity index (χ4n) is 1.98. The van der Waals surface area contributed by atoms with Crippen LogP contribution in [0.4, 0.5) is 0 Å². The lowest BCUT2D eigenvalue weighted by Gasteiger charge is -2.12. The first-order chi connectivity index (χ1) is 8.69. The molecule has 0 amide bonds. The van der Waals surface area contributed by atoms with E-state index >= 15 is 0 Å². The Morgan fingerprint density at radius 2 is 2.33 bits per heavy atom. The van der Waals surface area contributed by atoms with Crippen LogP contribution in [0.2, 0.25) is 0 Å². The van der Waals surface area contributed by atoms with Crippen molar-refractivity contribution in [1.29, 1.82) is 0 Å². The molecule has 2 rings (SSSR count). The summed E-state index contributed by atoms with van der Waals surface area (Å²) in [5.41, 5.74) is 1.44. The van der Waals surface area contributed by atoms with Crippen LogP contribution in [0.1, 0.15) is 42.2 Å². The van der Waals surface area contributed by atoms with Crippen molar-refractivity contribution < 1.29 is 9.53 Å². The molecule has 1 N–H and O–H groups in total. The minimum Gasteiger partial charge on any atom is -0.465 e. The molecule has 0 aliphatic heterocycles. The second-order valence-corrected chi connectivity index (χ2v) is 4.99. The topological polar surface area (TPSA) is 51.2 Å². The molecule has 4 heteroatoms. The fraction of sp³-hybridized carbons (Fsp3) is 0.571. The van der Waals surface area contributed by atoms with Crippen LogP contribution < -0.4 is 5.32 Å². The number of esters is 1. The Kier molecular flexibility index (Phi) is 4.31. The van der Waals surface area contributed by atoms with Gasteiger partial charge in [-0.05, 0) is 31.4 Å². The number of pyridine rings is 1. The highest BCUT2D eigenvalue weighted by Crippen LogP contribution is 2.33. The lowest BCUT2D eigenvalue weighted by Crippen LogP contribution is -2.26. The number of nitrogens with one attached hydrogen (secondary N) is 1. The third-order valence-electron chi connectivity index (χ3n) is 3.26. The quantitative estimate of drug-likeness (QED) is 0.784. The minimum absolute atomic E-state index is 0.343. The number of carbonyl (C=O) groups excluding carboxylic acids is 1. The normalized spacial score (nSPS) is 16.3. The zero-order chi connectivity index (χ0) is 13.0. The number of aromatic nitrogens is 1. The third-order valence-corrected chi connectivity index (χ3v) is 3.26. The molecule has 1 aliphatic rings. The van der Waals surface area contributed by atoms with Crippen LogP contribution in [0.3, 0.4) is 0 Å². The van der Waals surface area contributed by atoms with Crippen molar-refractivity contribution in [3.63, 3.8) is 0 Å². The number of hydrogen-bond acceptors (Lipinski definition) is 4. The highest BCUT2D eigenvalue weighted by molar-refractivity contribution is 5.88. The van der Waals surface area contributed by atoms with Gasteiger partial charge in [0.1, 0.15) is 0 Å². The van der Waals surface area contributed by atoms with E-state index in [9.17, 15) is 4.79 Å². The molecule has 1 atom stereocenters. The van der Waals surface area contributed by atoms with E-state index in [1.54, 1.807) is 12.3 Å². The van der Waals surface area contributed by atoms with Gasteiger partial charge in [-0.25, -0.2) is 4.79 Å². The summed E-state index contributed by atoms with van der Waals surface area (Å²) in [6.45, 7) is 2.95. The fourth-order valence-corrected chi connectivity index (χ4v) is 1.98. The molecule has 1 aromatic rings. The van der Waals surface area contributed by atoms with Crippen molar-refractivity contribution in [2.75, 3.05) is 7.11 Å². The Bertz CT molecular complexity index is 399. The van der Waals surface area contributed by atoms with Gasteiger partial charge < -0.3 is 10.1 Å². The van der Waals surface area contributed by atoms with Gasteiger partial charge in [-0.1, -0.05) is 12.8 Å². The lowest BCUT2D eigenvalue weighted by molar-refractivity contribution is 0.0600. The van der Waals surface area contributed by atoms with Gasteiger partial charge in [0.05, 0.1) is 18.4 Å². The van der Waals surface area contributed by atoms with Gasteiger partial charge in [0.15, 0.2) is 0 Å². The van der Waals surface area contributed by atoms with Crippen LogP contribution in [0.25, 0.3) is 0 Å². The standard InChI is InChI=1S/C14H20N2O2/c1-10(7-11-3-4-11)15-9-13-6-5-12(8-16-13)14(17)18-2/h5-6,8,10-11,15H,3-4,7,9H2,1-2H3. The Morgan fingerprint density at radius 1 is 1.56 bits per heavy atom. The molecular weight excluding hydrogens is 228 g/mol. The molecule has 18 heavy (non-hydrogen) atoms. The number of rotatable bonds is 6. The minimum atomic E-state index is -0.343.